The van der Waals surface area contributed by atoms with Gasteiger partial charge in [-0.05, 0) is 23.8 Å². The average molecular weight is 385 g/mol. The molecule has 0 bridgehead atoms. The third kappa shape index (κ3) is 3.40. The second-order valence-electron chi connectivity index (χ2n) is 5.11. The summed E-state index contributed by atoms with van der Waals surface area (Å²) in [5.41, 5.74) is 1.50. The number of thiol groups is 1. The van der Waals surface area contributed by atoms with E-state index in [1.165, 1.54) is 24.3 Å². The van der Waals surface area contributed by atoms with Crippen LogP contribution in [0.5, 0.6) is 0 Å². The Morgan fingerprint density at radius 2 is 1.79 bits per heavy atom. The number of fused-ring (bicyclic) bond motifs is 1. The molecule has 1 aromatic heterocycles. The predicted molar refractivity (Wildman–Crippen MR) is 94.6 cm³/mol. The quantitative estimate of drug-likeness (QED) is 0.589. The van der Waals surface area contributed by atoms with Crippen molar-refractivity contribution in [1.29, 1.82) is 0 Å². The third-order valence-electron chi connectivity index (χ3n) is 3.45. The molecule has 126 valence electrons. The first-order chi connectivity index (χ1) is 11.4. The van der Waals surface area contributed by atoms with E-state index in [1.54, 1.807) is 24.4 Å². The van der Waals surface area contributed by atoms with Gasteiger partial charge < -0.3 is 4.98 Å². The molecule has 9 heteroatoms. The van der Waals surface area contributed by atoms with Crippen molar-refractivity contribution in [3.05, 3.63) is 59.2 Å². The number of rotatable bonds is 5. The second-order valence-corrected chi connectivity index (χ2v) is 8.18. The highest BCUT2D eigenvalue weighted by atomic mass is 35.5. The van der Waals surface area contributed by atoms with Crippen LogP contribution >= 0.6 is 11.6 Å². The number of halogens is 1. The van der Waals surface area contributed by atoms with Crippen LogP contribution in [0.2, 0.25) is 5.02 Å². The number of aromatic amines is 1. The summed E-state index contributed by atoms with van der Waals surface area (Å²) in [5.74, 6) is -0.122. The Morgan fingerprint density at radius 3 is 2.46 bits per heavy atom. The fourth-order valence-corrected chi connectivity index (χ4v) is 4.12. The molecular weight excluding hydrogens is 372 g/mol. The molecule has 3 aromatic rings. The highest BCUT2D eigenvalue weighted by Crippen LogP contribution is 2.29. The Labute approximate surface area is 145 Å². The highest BCUT2D eigenvalue weighted by molar-refractivity contribution is 7.92. The molecule has 0 saturated heterocycles. The van der Waals surface area contributed by atoms with E-state index in [2.05, 4.69) is 9.71 Å². The number of nitrogens with one attached hydrogen (secondary N) is 2. The molecule has 0 aliphatic rings. The molecule has 0 saturated carbocycles. The van der Waals surface area contributed by atoms with Crippen molar-refractivity contribution in [1.82, 2.24) is 4.98 Å². The Balaban J connectivity index is 1.93. The molecule has 6 nitrogen and oxygen atoms in total. The first-order valence-corrected chi connectivity index (χ1v) is 10.1. The lowest BCUT2D eigenvalue weighted by molar-refractivity contribution is 0.601. The summed E-state index contributed by atoms with van der Waals surface area (Å²) in [6.45, 7) is 0. The molecule has 2 aromatic carbocycles. The fourth-order valence-electron chi connectivity index (χ4n) is 2.33. The minimum atomic E-state index is -3.80. The molecule has 0 aliphatic heterocycles. The summed E-state index contributed by atoms with van der Waals surface area (Å²) in [7, 11) is -6.36. The molecule has 0 aliphatic carbocycles. The number of hydrogen-bond acceptors (Lipinski definition) is 4. The molecule has 0 radical (unpaired) electrons. The van der Waals surface area contributed by atoms with Gasteiger partial charge in [-0.1, -0.05) is 35.9 Å². The predicted octanol–water partition coefficient (Wildman–Crippen LogP) is 2.73. The summed E-state index contributed by atoms with van der Waals surface area (Å²) in [5, 5.41) is 1.22. The van der Waals surface area contributed by atoms with Crippen molar-refractivity contribution < 1.29 is 16.8 Å². The van der Waals surface area contributed by atoms with Gasteiger partial charge in [-0.15, -0.1) is 0 Å². The zero-order valence-electron chi connectivity index (χ0n) is 12.2. The largest absolute Gasteiger partial charge is 0.358 e. The third-order valence-corrected chi connectivity index (χ3v) is 5.77. The number of sulfonamides is 1. The number of benzene rings is 2. The van der Waals surface area contributed by atoms with E-state index >= 15 is 0 Å². The van der Waals surface area contributed by atoms with Crippen LogP contribution in [0, 0.1) is 0 Å². The maximum Gasteiger partial charge on any atom is 0.261 e. The van der Waals surface area contributed by atoms with Gasteiger partial charge in [-0.3, -0.25) is 4.72 Å². The Bertz CT molecular complexity index is 1060. The summed E-state index contributed by atoms with van der Waals surface area (Å²) < 4.78 is 49.0. The van der Waals surface area contributed by atoms with Gasteiger partial charge in [0.15, 0.2) is 0 Å². The molecular formula is C15H13ClN2O4S2. The van der Waals surface area contributed by atoms with Crippen LogP contribution in [0.4, 0.5) is 5.69 Å². The van der Waals surface area contributed by atoms with Crippen molar-refractivity contribution in [2.75, 3.05) is 4.72 Å². The molecule has 1 heterocycles. The second kappa shape index (κ2) is 6.46. The van der Waals surface area contributed by atoms with Crippen LogP contribution in [0.25, 0.3) is 10.9 Å². The maximum absolute atomic E-state index is 12.5. The lowest BCUT2D eigenvalue weighted by atomic mass is 10.2. The minimum absolute atomic E-state index is 0.0435. The van der Waals surface area contributed by atoms with E-state index in [0.29, 0.717) is 27.2 Å². The fraction of sp³-hybridized carbons (Fsp3) is 0.0667. The zero-order chi connectivity index (χ0) is 17.3. The molecule has 0 spiro atoms. The monoisotopic (exact) mass is 384 g/mol. The van der Waals surface area contributed by atoms with E-state index in [1.807, 2.05) is 0 Å². The summed E-state index contributed by atoms with van der Waals surface area (Å²) in [6, 6.07) is 10.8. The van der Waals surface area contributed by atoms with Crippen molar-refractivity contribution in [3.8, 4) is 0 Å². The number of anilines is 1. The van der Waals surface area contributed by atoms with Gasteiger partial charge in [0.2, 0.25) is 0 Å². The Hall–Kier alpha value is -2.03. The SMILES string of the molecule is O=[SH](=O)Cc1ccc(S(=O)(=O)Nc2cccc3c(Cl)c[nH]c23)cc1. The summed E-state index contributed by atoms with van der Waals surface area (Å²) >= 11 is 6.03. The van der Waals surface area contributed by atoms with Gasteiger partial charge in [0.1, 0.15) is 10.7 Å². The Kier molecular flexibility index (Phi) is 4.53. The van der Waals surface area contributed by atoms with Crippen LogP contribution in [0.1, 0.15) is 5.56 Å². The molecule has 0 unspecified atom stereocenters. The molecule has 0 fully saturated rings. The van der Waals surface area contributed by atoms with Crippen LogP contribution < -0.4 is 4.72 Å². The van der Waals surface area contributed by atoms with E-state index in [-0.39, 0.29) is 10.6 Å². The maximum atomic E-state index is 12.5. The molecule has 24 heavy (non-hydrogen) atoms. The molecule has 0 atom stereocenters. The summed E-state index contributed by atoms with van der Waals surface area (Å²) in [6.07, 6.45) is 1.59. The average Bonchev–Trinajstić information content (AvgIpc) is 2.90. The summed E-state index contributed by atoms with van der Waals surface area (Å²) in [4.78, 5) is 2.98. The van der Waals surface area contributed by atoms with Crippen molar-refractivity contribution in [2.45, 2.75) is 10.6 Å². The molecule has 3 rings (SSSR count). The highest BCUT2D eigenvalue weighted by Gasteiger charge is 2.16. The minimum Gasteiger partial charge on any atom is -0.358 e. The van der Waals surface area contributed by atoms with Crippen molar-refractivity contribution >= 4 is 48.9 Å². The van der Waals surface area contributed by atoms with Gasteiger partial charge in [-0.25, -0.2) is 16.8 Å². The van der Waals surface area contributed by atoms with Gasteiger partial charge in [-0.2, -0.15) is 0 Å². The number of para-hydroxylation sites is 1. The lowest BCUT2D eigenvalue weighted by Crippen LogP contribution is -2.13. The first kappa shape index (κ1) is 16.8. The van der Waals surface area contributed by atoms with E-state index in [4.69, 9.17) is 11.6 Å². The molecule has 0 amide bonds. The Morgan fingerprint density at radius 1 is 1.08 bits per heavy atom. The van der Waals surface area contributed by atoms with Gasteiger partial charge in [0.25, 0.3) is 10.0 Å². The normalized spacial score (nSPS) is 11.9. The molecule has 2 N–H and O–H groups in total. The smallest absolute Gasteiger partial charge is 0.261 e. The van der Waals surface area contributed by atoms with Crippen molar-refractivity contribution in [2.24, 2.45) is 0 Å². The standard InChI is InChI=1S/C15H13ClN2O4S2/c16-13-8-17-15-12(13)2-1-3-14(15)18-24(21,22)11-6-4-10(5-7-11)9-23(19)20/h1-8,17-18,23H,9H2. The van der Waals surface area contributed by atoms with Crippen molar-refractivity contribution in [3.63, 3.8) is 0 Å². The number of H-pyrrole nitrogens is 1. The van der Waals surface area contributed by atoms with Gasteiger partial charge in [0.05, 0.1) is 26.9 Å². The number of hydrogen-bond donors (Lipinski definition) is 3. The van der Waals surface area contributed by atoms with Crippen LogP contribution in [0.3, 0.4) is 0 Å². The zero-order valence-corrected chi connectivity index (χ0v) is 14.7. The lowest BCUT2D eigenvalue weighted by Gasteiger charge is -2.09. The topological polar surface area (TPSA) is 96.1 Å². The van der Waals surface area contributed by atoms with Gasteiger partial charge in [0, 0.05) is 11.6 Å². The van der Waals surface area contributed by atoms with E-state index in [0.717, 1.165) is 0 Å². The van der Waals surface area contributed by atoms with Crippen LogP contribution in [0.15, 0.2) is 53.6 Å². The van der Waals surface area contributed by atoms with Crippen LogP contribution in [-0.4, -0.2) is 21.8 Å². The van der Waals surface area contributed by atoms with E-state index < -0.39 is 20.7 Å². The van der Waals surface area contributed by atoms with Crippen LogP contribution in [-0.2, 0) is 26.5 Å². The first-order valence-electron chi connectivity index (χ1n) is 6.86. The van der Waals surface area contributed by atoms with E-state index in [9.17, 15) is 16.8 Å². The van der Waals surface area contributed by atoms with Gasteiger partial charge >= 0.3 is 0 Å². The number of aromatic nitrogens is 1.